The van der Waals surface area contributed by atoms with Crippen LogP contribution >= 0.6 is 0 Å². The van der Waals surface area contributed by atoms with E-state index in [0.717, 1.165) is 18.8 Å². The first-order chi connectivity index (χ1) is 5.94. The van der Waals surface area contributed by atoms with Crippen LogP contribution in [0.15, 0.2) is 0 Å². The van der Waals surface area contributed by atoms with Gasteiger partial charge < -0.3 is 5.11 Å². The van der Waals surface area contributed by atoms with Crippen molar-refractivity contribution >= 4 is 0 Å². The van der Waals surface area contributed by atoms with Crippen LogP contribution in [0, 0.1) is 17.8 Å². The molecule has 0 amide bonds. The molecule has 0 aliphatic heterocycles. The first kappa shape index (κ1) is 11.0. The molecule has 3 atom stereocenters. The Morgan fingerprint density at radius 3 is 2.46 bits per heavy atom. The van der Waals surface area contributed by atoms with E-state index in [0.29, 0.717) is 11.8 Å². The molecule has 1 fully saturated rings. The number of aliphatic hydroxyl groups is 1. The molecular weight excluding hydrogens is 160 g/mol. The lowest BCUT2D eigenvalue weighted by Gasteiger charge is -2.41. The van der Waals surface area contributed by atoms with Crippen LogP contribution in [0.3, 0.4) is 0 Å². The summed E-state index contributed by atoms with van der Waals surface area (Å²) < 4.78 is 0. The second-order valence-corrected chi connectivity index (χ2v) is 5.48. The van der Waals surface area contributed by atoms with E-state index in [1.165, 1.54) is 12.8 Å². The van der Waals surface area contributed by atoms with Crippen molar-refractivity contribution in [3.05, 3.63) is 0 Å². The minimum absolute atomic E-state index is 0.360. The van der Waals surface area contributed by atoms with Gasteiger partial charge in [0.25, 0.3) is 0 Å². The van der Waals surface area contributed by atoms with Crippen molar-refractivity contribution in [1.29, 1.82) is 0 Å². The van der Waals surface area contributed by atoms with Crippen molar-refractivity contribution < 1.29 is 5.11 Å². The van der Waals surface area contributed by atoms with Crippen LogP contribution in [0.4, 0.5) is 0 Å². The van der Waals surface area contributed by atoms with E-state index in [9.17, 15) is 5.11 Å². The lowest BCUT2D eigenvalue weighted by atomic mass is 9.69. The fourth-order valence-corrected chi connectivity index (χ4v) is 2.69. The highest BCUT2D eigenvalue weighted by atomic mass is 16.3. The number of rotatable bonds is 2. The molecule has 1 saturated carbocycles. The number of hydrogen-bond donors (Lipinski definition) is 1. The van der Waals surface area contributed by atoms with Crippen LogP contribution in [0.25, 0.3) is 0 Å². The van der Waals surface area contributed by atoms with Gasteiger partial charge in [0.2, 0.25) is 0 Å². The summed E-state index contributed by atoms with van der Waals surface area (Å²) >= 11 is 0. The summed E-state index contributed by atoms with van der Waals surface area (Å²) in [6.07, 6.45) is 4.38. The zero-order valence-corrected chi connectivity index (χ0v) is 9.51. The van der Waals surface area contributed by atoms with Crippen LogP contribution in [-0.4, -0.2) is 10.7 Å². The molecule has 0 heterocycles. The molecule has 0 bridgehead atoms. The Morgan fingerprint density at radius 2 is 2.00 bits per heavy atom. The van der Waals surface area contributed by atoms with Gasteiger partial charge in [-0.2, -0.15) is 0 Å². The van der Waals surface area contributed by atoms with E-state index in [2.05, 4.69) is 27.7 Å². The molecular formula is C12H24O. The maximum absolute atomic E-state index is 10.4. The number of hydrogen-bond acceptors (Lipinski definition) is 1. The summed E-state index contributed by atoms with van der Waals surface area (Å²) in [7, 11) is 0. The van der Waals surface area contributed by atoms with Crippen molar-refractivity contribution in [1.82, 2.24) is 0 Å². The third-order valence-electron chi connectivity index (χ3n) is 3.51. The van der Waals surface area contributed by atoms with Crippen molar-refractivity contribution in [3.8, 4) is 0 Å². The molecule has 1 rings (SSSR count). The van der Waals surface area contributed by atoms with E-state index < -0.39 is 0 Å². The van der Waals surface area contributed by atoms with E-state index in [1.807, 2.05) is 0 Å². The Kier molecular flexibility index (Phi) is 3.39. The first-order valence-electron chi connectivity index (χ1n) is 5.66. The molecule has 1 heteroatoms. The molecule has 0 spiro atoms. The fraction of sp³-hybridized carbons (Fsp3) is 1.00. The van der Waals surface area contributed by atoms with Gasteiger partial charge in [0.05, 0.1) is 5.60 Å². The third-order valence-corrected chi connectivity index (χ3v) is 3.51. The summed E-state index contributed by atoms with van der Waals surface area (Å²) in [4.78, 5) is 0. The average molecular weight is 184 g/mol. The van der Waals surface area contributed by atoms with Gasteiger partial charge in [-0.25, -0.2) is 0 Å². The van der Waals surface area contributed by atoms with E-state index in [4.69, 9.17) is 0 Å². The highest BCUT2D eigenvalue weighted by Crippen LogP contribution is 2.40. The molecule has 78 valence electrons. The fourth-order valence-electron chi connectivity index (χ4n) is 2.69. The predicted octanol–water partition coefficient (Wildman–Crippen LogP) is 3.22. The van der Waals surface area contributed by atoms with Gasteiger partial charge in [-0.3, -0.25) is 0 Å². The van der Waals surface area contributed by atoms with Gasteiger partial charge in [0, 0.05) is 0 Å². The van der Waals surface area contributed by atoms with Crippen LogP contribution in [-0.2, 0) is 0 Å². The minimum atomic E-state index is -0.360. The largest absolute Gasteiger partial charge is 0.390 e. The highest BCUT2D eigenvalue weighted by molar-refractivity contribution is 4.90. The van der Waals surface area contributed by atoms with Gasteiger partial charge in [-0.05, 0) is 43.4 Å². The van der Waals surface area contributed by atoms with E-state index >= 15 is 0 Å². The molecule has 3 unspecified atom stereocenters. The van der Waals surface area contributed by atoms with Crippen LogP contribution in [0.2, 0.25) is 0 Å². The maximum Gasteiger partial charge on any atom is 0.0675 e. The Morgan fingerprint density at radius 1 is 1.38 bits per heavy atom. The van der Waals surface area contributed by atoms with Gasteiger partial charge in [-0.15, -0.1) is 0 Å². The van der Waals surface area contributed by atoms with Gasteiger partial charge >= 0.3 is 0 Å². The monoisotopic (exact) mass is 184 g/mol. The van der Waals surface area contributed by atoms with Gasteiger partial charge in [-0.1, -0.05) is 27.7 Å². The average Bonchev–Trinajstić information content (AvgIpc) is 1.97. The first-order valence-corrected chi connectivity index (χ1v) is 5.66. The Balaban J connectivity index is 2.56. The summed E-state index contributed by atoms with van der Waals surface area (Å²) in [5.74, 6) is 1.90. The quantitative estimate of drug-likeness (QED) is 0.698. The third kappa shape index (κ3) is 2.70. The van der Waals surface area contributed by atoms with Crippen molar-refractivity contribution in [3.63, 3.8) is 0 Å². The van der Waals surface area contributed by atoms with Crippen LogP contribution < -0.4 is 0 Å². The highest BCUT2D eigenvalue weighted by Gasteiger charge is 2.38. The van der Waals surface area contributed by atoms with Crippen molar-refractivity contribution in [2.24, 2.45) is 17.8 Å². The van der Waals surface area contributed by atoms with Crippen molar-refractivity contribution in [2.75, 3.05) is 0 Å². The summed E-state index contributed by atoms with van der Waals surface area (Å²) in [6.45, 7) is 8.90. The standard InChI is InChI=1S/C12H24O/c1-9(2)8-12(13)6-5-10(3)7-11(12)4/h9-11,13H,5-8H2,1-4H3. The van der Waals surface area contributed by atoms with Gasteiger partial charge in [0.15, 0.2) is 0 Å². The molecule has 13 heavy (non-hydrogen) atoms. The topological polar surface area (TPSA) is 20.2 Å². The summed E-state index contributed by atoms with van der Waals surface area (Å²) in [5, 5.41) is 10.4. The zero-order valence-electron chi connectivity index (χ0n) is 9.51. The molecule has 1 aliphatic rings. The molecule has 0 saturated heterocycles. The SMILES string of the molecule is CC(C)CC1(O)CCC(C)CC1C. The lowest BCUT2D eigenvalue weighted by molar-refractivity contribution is -0.0672. The zero-order chi connectivity index (χ0) is 10.1. The smallest absolute Gasteiger partial charge is 0.0675 e. The Hall–Kier alpha value is -0.0400. The predicted molar refractivity (Wildman–Crippen MR) is 56.6 cm³/mol. The van der Waals surface area contributed by atoms with Crippen LogP contribution in [0.1, 0.15) is 53.4 Å². The Labute approximate surface area is 82.5 Å². The normalized spacial score (nSPS) is 41.1. The molecule has 1 aliphatic carbocycles. The lowest BCUT2D eigenvalue weighted by Crippen LogP contribution is -2.42. The molecule has 0 aromatic rings. The molecule has 0 radical (unpaired) electrons. The van der Waals surface area contributed by atoms with E-state index in [1.54, 1.807) is 0 Å². The van der Waals surface area contributed by atoms with E-state index in [-0.39, 0.29) is 5.60 Å². The molecule has 0 aromatic heterocycles. The summed E-state index contributed by atoms with van der Waals surface area (Å²) in [5.41, 5.74) is -0.360. The van der Waals surface area contributed by atoms with Crippen molar-refractivity contribution in [2.45, 2.75) is 59.0 Å². The minimum Gasteiger partial charge on any atom is -0.390 e. The Bertz CT molecular complexity index is 165. The second-order valence-electron chi connectivity index (χ2n) is 5.48. The maximum atomic E-state index is 10.4. The summed E-state index contributed by atoms with van der Waals surface area (Å²) in [6, 6.07) is 0. The second kappa shape index (κ2) is 4.00. The molecule has 1 nitrogen and oxygen atoms in total. The molecule has 0 aromatic carbocycles. The molecule has 1 N–H and O–H groups in total. The van der Waals surface area contributed by atoms with Gasteiger partial charge in [0.1, 0.15) is 0 Å². The van der Waals surface area contributed by atoms with Crippen LogP contribution in [0.5, 0.6) is 0 Å².